The minimum absolute atomic E-state index is 0.0859. The molecule has 2 heterocycles. The van der Waals surface area contributed by atoms with E-state index in [1.54, 1.807) is 12.1 Å². The molecule has 0 bridgehead atoms. The van der Waals surface area contributed by atoms with E-state index in [1.807, 2.05) is 36.4 Å². The van der Waals surface area contributed by atoms with Crippen LogP contribution in [-0.2, 0) is 9.59 Å². The summed E-state index contributed by atoms with van der Waals surface area (Å²) in [5.41, 5.74) is 1.79. The Morgan fingerprint density at radius 2 is 1.52 bits per heavy atom. The van der Waals surface area contributed by atoms with E-state index < -0.39 is 0 Å². The molecule has 7 heteroatoms. The molecule has 2 aliphatic heterocycles. The lowest BCUT2D eigenvalue weighted by Gasteiger charge is -2.35. The minimum Gasteiger partial charge on any atom is -0.360 e. The first-order valence-electron chi connectivity index (χ1n) is 9.00. The maximum absolute atomic E-state index is 12.9. The molecule has 4 rings (SSSR count). The number of nitrogens with one attached hydrogen (secondary N) is 1. The number of quaternary nitrogens is 1. The molecule has 1 atom stereocenters. The third-order valence-corrected chi connectivity index (χ3v) is 6.10. The predicted molar refractivity (Wildman–Crippen MR) is 109 cm³/mol. The molecule has 2 aromatic carbocycles. The van der Waals surface area contributed by atoms with Gasteiger partial charge in [-0.25, -0.2) is 4.90 Å². The number of anilines is 2. The van der Waals surface area contributed by atoms with Crippen molar-refractivity contribution in [2.45, 2.75) is 12.5 Å². The van der Waals surface area contributed by atoms with Crippen LogP contribution in [0.25, 0.3) is 0 Å². The highest BCUT2D eigenvalue weighted by atomic mass is 79.9. The van der Waals surface area contributed by atoms with Crippen molar-refractivity contribution in [3.63, 3.8) is 0 Å². The van der Waals surface area contributed by atoms with Crippen molar-refractivity contribution in [1.82, 2.24) is 0 Å². The smallest absolute Gasteiger partial charge is 0.292 e. The highest BCUT2D eigenvalue weighted by molar-refractivity contribution is 9.10. The quantitative estimate of drug-likeness (QED) is 0.730. The number of carbonyl (C=O) groups is 2. The zero-order chi connectivity index (χ0) is 19.0. The van der Waals surface area contributed by atoms with Crippen LogP contribution in [0.5, 0.6) is 0 Å². The fraction of sp³-hybridized carbons (Fsp3) is 0.300. The summed E-state index contributed by atoms with van der Waals surface area (Å²) in [5.74, 6) is -0.197. The lowest BCUT2D eigenvalue weighted by Crippen LogP contribution is -3.19. The Labute approximate surface area is 171 Å². The van der Waals surface area contributed by atoms with Crippen LogP contribution < -0.4 is 14.7 Å². The maximum atomic E-state index is 12.9. The Bertz CT molecular complexity index is 849. The van der Waals surface area contributed by atoms with Crippen molar-refractivity contribution in [3.05, 3.63) is 58.0 Å². The summed E-state index contributed by atoms with van der Waals surface area (Å²) in [6, 6.07) is 14.8. The molecule has 1 N–H and O–H groups in total. The molecule has 0 aromatic heterocycles. The van der Waals surface area contributed by atoms with Gasteiger partial charge in [-0.15, -0.1) is 0 Å². The first-order valence-corrected chi connectivity index (χ1v) is 10.2. The number of imide groups is 1. The van der Waals surface area contributed by atoms with Gasteiger partial charge in [0, 0.05) is 15.2 Å². The van der Waals surface area contributed by atoms with Crippen molar-refractivity contribution >= 4 is 50.7 Å². The summed E-state index contributed by atoms with van der Waals surface area (Å²) >= 11 is 9.35. The predicted octanol–water partition coefficient (Wildman–Crippen LogP) is 2.14. The molecule has 5 nitrogen and oxygen atoms in total. The van der Waals surface area contributed by atoms with Crippen LogP contribution >= 0.6 is 27.5 Å². The van der Waals surface area contributed by atoms with Crippen LogP contribution in [0.1, 0.15) is 6.42 Å². The molecule has 0 unspecified atom stereocenters. The Morgan fingerprint density at radius 3 is 2.15 bits per heavy atom. The zero-order valence-electron chi connectivity index (χ0n) is 14.7. The molecule has 2 fully saturated rings. The average molecular weight is 450 g/mol. The molecule has 0 spiro atoms. The third kappa shape index (κ3) is 3.74. The van der Waals surface area contributed by atoms with Crippen LogP contribution in [-0.4, -0.2) is 44.0 Å². The second-order valence-corrected chi connectivity index (χ2v) is 8.27. The summed E-state index contributed by atoms with van der Waals surface area (Å²) in [6.07, 6.45) is 0.283. The number of carbonyl (C=O) groups excluding carboxylic acids is 2. The van der Waals surface area contributed by atoms with Gasteiger partial charge in [0.1, 0.15) is 0 Å². The van der Waals surface area contributed by atoms with Gasteiger partial charge < -0.3 is 9.80 Å². The van der Waals surface area contributed by atoms with Crippen LogP contribution in [0.15, 0.2) is 53.0 Å². The van der Waals surface area contributed by atoms with Crippen LogP contribution in [0.2, 0.25) is 5.02 Å². The lowest BCUT2D eigenvalue weighted by atomic mass is 10.1. The second kappa shape index (κ2) is 7.62. The molecule has 2 aromatic rings. The standard InChI is InChI=1S/C20H19BrClN3O2/c21-14-1-5-17(6-2-14)25-19(26)13-18(20(25)27)24-11-9-23(10-12-24)16-7-3-15(22)4-8-16/h1-8,18H,9-13H2/p+1/t18-/m0/s1. The number of rotatable bonds is 3. The zero-order valence-corrected chi connectivity index (χ0v) is 17.0. The van der Waals surface area contributed by atoms with Crippen LogP contribution in [0.4, 0.5) is 11.4 Å². The van der Waals surface area contributed by atoms with E-state index in [1.165, 1.54) is 9.80 Å². The summed E-state index contributed by atoms with van der Waals surface area (Å²) in [7, 11) is 0. The van der Waals surface area contributed by atoms with Crippen molar-refractivity contribution in [1.29, 1.82) is 0 Å². The summed E-state index contributed by atoms with van der Waals surface area (Å²) < 4.78 is 0.922. The maximum Gasteiger partial charge on any atom is 0.292 e. The number of amides is 2. The molecule has 2 saturated heterocycles. The number of piperazine rings is 1. The van der Waals surface area contributed by atoms with Crippen LogP contribution in [0.3, 0.4) is 0 Å². The van der Waals surface area contributed by atoms with Crippen molar-refractivity contribution in [2.75, 3.05) is 36.0 Å². The fourth-order valence-corrected chi connectivity index (χ4v) is 4.26. The summed E-state index contributed by atoms with van der Waals surface area (Å²) in [6.45, 7) is 3.38. The molecule has 0 radical (unpaired) electrons. The van der Waals surface area contributed by atoms with Gasteiger partial charge in [-0.3, -0.25) is 9.59 Å². The highest BCUT2D eigenvalue weighted by Gasteiger charge is 2.46. The van der Waals surface area contributed by atoms with Crippen LogP contribution in [0, 0.1) is 0 Å². The molecular weight excluding hydrogens is 430 g/mol. The number of hydrogen-bond donors (Lipinski definition) is 1. The number of benzene rings is 2. The Morgan fingerprint density at radius 1 is 0.926 bits per heavy atom. The molecule has 2 aliphatic rings. The van der Waals surface area contributed by atoms with Gasteiger partial charge in [-0.05, 0) is 48.5 Å². The molecule has 0 saturated carbocycles. The summed E-state index contributed by atoms with van der Waals surface area (Å²) in [5, 5.41) is 0.728. The first-order chi connectivity index (χ1) is 13.0. The van der Waals surface area contributed by atoms with Crippen molar-refractivity contribution in [3.8, 4) is 0 Å². The molecular formula is C20H20BrClN3O2+. The monoisotopic (exact) mass is 448 g/mol. The Hall–Kier alpha value is -1.89. The van der Waals surface area contributed by atoms with E-state index >= 15 is 0 Å². The van der Waals surface area contributed by atoms with Gasteiger partial charge >= 0.3 is 0 Å². The van der Waals surface area contributed by atoms with E-state index in [-0.39, 0.29) is 24.3 Å². The van der Waals surface area contributed by atoms with Gasteiger partial charge in [-0.2, -0.15) is 0 Å². The molecule has 2 amide bonds. The molecule has 0 aliphatic carbocycles. The minimum atomic E-state index is -0.284. The van der Waals surface area contributed by atoms with E-state index in [4.69, 9.17) is 11.6 Å². The van der Waals surface area contributed by atoms with E-state index in [0.29, 0.717) is 5.69 Å². The SMILES string of the molecule is O=C1C[C@H]([NH+]2CCN(c3ccc(Cl)cc3)CC2)C(=O)N1c1ccc(Br)cc1. The lowest BCUT2D eigenvalue weighted by molar-refractivity contribution is -0.915. The fourth-order valence-electron chi connectivity index (χ4n) is 3.86. The Kier molecular flexibility index (Phi) is 5.21. The van der Waals surface area contributed by atoms with Gasteiger partial charge in [0.05, 0.1) is 38.3 Å². The second-order valence-electron chi connectivity index (χ2n) is 6.92. The van der Waals surface area contributed by atoms with E-state index in [0.717, 1.165) is 41.4 Å². The van der Waals surface area contributed by atoms with E-state index in [9.17, 15) is 9.59 Å². The van der Waals surface area contributed by atoms with Crippen molar-refractivity contribution in [2.24, 2.45) is 0 Å². The highest BCUT2D eigenvalue weighted by Crippen LogP contribution is 2.24. The third-order valence-electron chi connectivity index (χ3n) is 5.32. The van der Waals surface area contributed by atoms with Crippen molar-refractivity contribution < 1.29 is 14.5 Å². The number of halogens is 2. The van der Waals surface area contributed by atoms with Gasteiger partial charge in [0.2, 0.25) is 5.91 Å². The largest absolute Gasteiger partial charge is 0.360 e. The first kappa shape index (κ1) is 18.5. The average Bonchev–Trinajstić information content (AvgIpc) is 2.98. The molecule has 27 heavy (non-hydrogen) atoms. The summed E-state index contributed by atoms with van der Waals surface area (Å²) in [4.78, 5) is 30.3. The normalized spacial score (nSPS) is 21.2. The number of hydrogen-bond acceptors (Lipinski definition) is 3. The van der Waals surface area contributed by atoms with Gasteiger partial charge in [-0.1, -0.05) is 27.5 Å². The Balaban J connectivity index is 1.43. The number of nitrogens with zero attached hydrogens (tertiary/aromatic N) is 2. The van der Waals surface area contributed by atoms with E-state index in [2.05, 4.69) is 20.8 Å². The van der Waals surface area contributed by atoms with Gasteiger partial charge in [0.25, 0.3) is 5.91 Å². The topological polar surface area (TPSA) is 45.1 Å². The molecule has 140 valence electrons. The van der Waals surface area contributed by atoms with Gasteiger partial charge in [0.15, 0.2) is 6.04 Å².